The fourth-order valence-corrected chi connectivity index (χ4v) is 10.5. The summed E-state index contributed by atoms with van der Waals surface area (Å²) in [6.07, 6.45) is 0. The van der Waals surface area contributed by atoms with Crippen LogP contribution in [-0.4, -0.2) is 0 Å². The Morgan fingerprint density at radius 2 is 0.828 bits per heavy atom. The predicted octanol–water partition coefficient (Wildman–Crippen LogP) is 17.6. The molecule has 0 amide bonds. The molecule has 0 aliphatic heterocycles. The molecule has 0 radical (unpaired) electrons. The van der Waals surface area contributed by atoms with Gasteiger partial charge in [0.2, 0.25) is 0 Å². The molecule has 0 fully saturated rings. The van der Waals surface area contributed by atoms with Crippen LogP contribution in [0.1, 0.15) is 25.0 Å². The monoisotopic (exact) mass is 815 g/mol. The van der Waals surface area contributed by atoms with Gasteiger partial charge >= 0.3 is 0 Å². The standard InChI is InChI=1S/C63H45N/c1-63(2)59-28-16-15-25-54(59)55-38-36-50(41-60(55)63)64(49-34-31-45(32-35-49)58-40-47(42-17-5-3-6-18-42)33-37-51(58)44-20-7-4-8-21-44)62-57-27-14-12-24-53(57)52-23-11-13-26-56(52)61(62)48-30-29-43-19-9-10-22-46(43)39-48/h3-41H,1-2H3. The van der Waals surface area contributed by atoms with E-state index in [0.717, 1.165) is 11.4 Å². The fraction of sp³-hybridized carbons (Fsp3) is 0.0476. The van der Waals surface area contributed by atoms with Crippen molar-refractivity contribution in [2.45, 2.75) is 19.3 Å². The first kappa shape index (κ1) is 37.7. The highest BCUT2D eigenvalue weighted by atomic mass is 15.1. The molecule has 1 heteroatoms. The van der Waals surface area contributed by atoms with Gasteiger partial charge in [-0.2, -0.15) is 0 Å². The maximum Gasteiger partial charge on any atom is 0.0624 e. The molecule has 0 saturated heterocycles. The lowest BCUT2D eigenvalue weighted by atomic mass is 9.82. The van der Waals surface area contributed by atoms with E-state index in [1.165, 1.54) is 105 Å². The van der Waals surface area contributed by atoms with Gasteiger partial charge in [0.05, 0.1) is 5.69 Å². The van der Waals surface area contributed by atoms with Crippen molar-refractivity contribution in [1.82, 2.24) is 0 Å². The van der Waals surface area contributed by atoms with Gasteiger partial charge in [0.15, 0.2) is 0 Å². The van der Waals surface area contributed by atoms with Gasteiger partial charge < -0.3 is 4.90 Å². The summed E-state index contributed by atoms with van der Waals surface area (Å²) < 4.78 is 0. The second-order valence-corrected chi connectivity index (χ2v) is 17.7. The van der Waals surface area contributed by atoms with E-state index in [1.807, 2.05) is 0 Å². The Balaban J connectivity index is 1.13. The number of anilines is 3. The largest absolute Gasteiger partial charge is 0.309 e. The van der Waals surface area contributed by atoms with Gasteiger partial charge in [-0.15, -0.1) is 0 Å². The Bertz CT molecular complexity index is 3560. The lowest BCUT2D eigenvalue weighted by molar-refractivity contribution is 0.660. The molecule has 1 aliphatic rings. The fourth-order valence-electron chi connectivity index (χ4n) is 10.5. The highest BCUT2D eigenvalue weighted by molar-refractivity contribution is 6.23. The highest BCUT2D eigenvalue weighted by Gasteiger charge is 2.36. The lowest BCUT2D eigenvalue weighted by Crippen LogP contribution is -2.17. The number of fused-ring (bicyclic) bond motifs is 7. The van der Waals surface area contributed by atoms with Crippen LogP contribution in [0.3, 0.4) is 0 Å². The minimum Gasteiger partial charge on any atom is -0.309 e. The van der Waals surface area contributed by atoms with Crippen LogP contribution < -0.4 is 4.90 Å². The van der Waals surface area contributed by atoms with E-state index in [2.05, 4.69) is 255 Å². The van der Waals surface area contributed by atoms with E-state index in [9.17, 15) is 0 Å². The van der Waals surface area contributed by atoms with Crippen molar-refractivity contribution in [2.24, 2.45) is 0 Å². The molecule has 11 aromatic carbocycles. The summed E-state index contributed by atoms with van der Waals surface area (Å²) in [6, 6.07) is 87.4. The first-order valence-electron chi connectivity index (χ1n) is 22.3. The minimum atomic E-state index is -0.165. The first-order chi connectivity index (χ1) is 31.5. The molecule has 0 atom stereocenters. The Kier molecular flexibility index (Phi) is 8.91. The number of hydrogen-bond acceptors (Lipinski definition) is 1. The van der Waals surface area contributed by atoms with E-state index in [-0.39, 0.29) is 5.41 Å². The molecule has 0 heterocycles. The number of benzene rings is 11. The van der Waals surface area contributed by atoms with E-state index < -0.39 is 0 Å². The van der Waals surface area contributed by atoms with Crippen LogP contribution in [0.2, 0.25) is 0 Å². The molecule has 0 bridgehead atoms. The molecular formula is C63H45N. The van der Waals surface area contributed by atoms with Crippen molar-refractivity contribution < 1.29 is 0 Å². The Hall–Kier alpha value is -8.00. The molecule has 0 spiro atoms. The normalized spacial score (nSPS) is 12.7. The lowest BCUT2D eigenvalue weighted by Gasteiger charge is -2.32. The summed E-state index contributed by atoms with van der Waals surface area (Å²) >= 11 is 0. The van der Waals surface area contributed by atoms with Crippen molar-refractivity contribution in [3.05, 3.63) is 248 Å². The smallest absolute Gasteiger partial charge is 0.0624 e. The summed E-state index contributed by atoms with van der Waals surface area (Å²) in [5, 5.41) is 7.38. The molecule has 0 aromatic heterocycles. The third kappa shape index (κ3) is 6.15. The SMILES string of the molecule is CC1(C)c2ccccc2-c2ccc(N(c3ccc(-c4cc(-c5ccccc5)ccc4-c4ccccc4)cc3)c3c(-c4ccc5ccccc5c4)c4ccccc4c4ccccc34)cc21. The molecule has 12 rings (SSSR count). The van der Waals surface area contributed by atoms with Crippen LogP contribution in [0, 0.1) is 0 Å². The summed E-state index contributed by atoms with van der Waals surface area (Å²) in [7, 11) is 0. The van der Waals surface area contributed by atoms with Gasteiger partial charge in [-0.05, 0) is 125 Å². The zero-order chi connectivity index (χ0) is 42.8. The van der Waals surface area contributed by atoms with Crippen molar-refractivity contribution in [2.75, 3.05) is 4.90 Å². The average Bonchev–Trinajstić information content (AvgIpc) is 3.59. The summed E-state index contributed by atoms with van der Waals surface area (Å²) in [4.78, 5) is 2.54. The Morgan fingerprint density at radius 1 is 0.297 bits per heavy atom. The van der Waals surface area contributed by atoms with E-state index in [1.54, 1.807) is 0 Å². The van der Waals surface area contributed by atoms with Crippen LogP contribution in [0.5, 0.6) is 0 Å². The molecule has 1 aliphatic carbocycles. The molecule has 0 unspecified atom stereocenters. The second kappa shape index (κ2) is 15.1. The Morgan fingerprint density at radius 3 is 1.59 bits per heavy atom. The van der Waals surface area contributed by atoms with E-state index in [4.69, 9.17) is 0 Å². The quantitative estimate of drug-likeness (QED) is 0.145. The Labute approximate surface area is 375 Å². The zero-order valence-corrected chi connectivity index (χ0v) is 36.0. The molecule has 11 aromatic rings. The summed E-state index contributed by atoms with van der Waals surface area (Å²) in [6.45, 7) is 4.75. The molecule has 0 N–H and O–H groups in total. The maximum absolute atomic E-state index is 2.54. The third-order valence-corrected chi connectivity index (χ3v) is 13.6. The highest BCUT2D eigenvalue weighted by Crippen LogP contribution is 2.54. The van der Waals surface area contributed by atoms with E-state index in [0.29, 0.717) is 0 Å². The summed E-state index contributed by atoms with van der Waals surface area (Å²) in [5.74, 6) is 0. The van der Waals surface area contributed by atoms with Crippen LogP contribution in [0.25, 0.3) is 88.0 Å². The molecule has 0 saturated carbocycles. The molecule has 1 nitrogen and oxygen atoms in total. The topological polar surface area (TPSA) is 3.24 Å². The second-order valence-electron chi connectivity index (χ2n) is 17.7. The van der Waals surface area contributed by atoms with Crippen molar-refractivity contribution in [3.63, 3.8) is 0 Å². The average molecular weight is 816 g/mol. The first-order valence-corrected chi connectivity index (χ1v) is 22.3. The van der Waals surface area contributed by atoms with Gasteiger partial charge in [0, 0.05) is 27.7 Å². The summed E-state index contributed by atoms with van der Waals surface area (Å²) in [5.41, 5.74) is 18.2. The van der Waals surface area contributed by atoms with Crippen LogP contribution in [0.4, 0.5) is 17.1 Å². The van der Waals surface area contributed by atoms with Crippen LogP contribution >= 0.6 is 0 Å². The predicted molar refractivity (Wildman–Crippen MR) is 273 cm³/mol. The van der Waals surface area contributed by atoms with Crippen LogP contribution in [0.15, 0.2) is 237 Å². The number of hydrogen-bond donors (Lipinski definition) is 0. The van der Waals surface area contributed by atoms with Gasteiger partial charge in [0.1, 0.15) is 0 Å². The minimum absolute atomic E-state index is 0.165. The van der Waals surface area contributed by atoms with Gasteiger partial charge in [-0.3, -0.25) is 0 Å². The van der Waals surface area contributed by atoms with Crippen LogP contribution in [-0.2, 0) is 5.41 Å². The third-order valence-electron chi connectivity index (χ3n) is 13.6. The van der Waals surface area contributed by atoms with Gasteiger partial charge in [-0.25, -0.2) is 0 Å². The van der Waals surface area contributed by atoms with Crippen molar-refractivity contribution in [3.8, 4) is 55.6 Å². The van der Waals surface area contributed by atoms with Gasteiger partial charge in [0.25, 0.3) is 0 Å². The van der Waals surface area contributed by atoms with Crippen molar-refractivity contribution >= 4 is 49.4 Å². The number of nitrogens with zero attached hydrogens (tertiary/aromatic N) is 1. The number of rotatable bonds is 7. The maximum atomic E-state index is 2.54. The van der Waals surface area contributed by atoms with E-state index >= 15 is 0 Å². The molecule has 302 valence electrons. The molecular weight excluding hydrogens is 771 g/mol. The zero-order valence-electron chi connectivity index (χ0n) is 36.0. The van der Waals surface area contributed by atoms with Gasteiger partial charge in [-0.1, -0.05) is 214 Å². The molecule has 64 heavy (non-hydrogen) atoms. The van der Waals surface area contributed by atoms with Crippen molar-refractivity contribution in [1.29, 1.82) is 0 Å².